The molecule has 0 aliphatic rings. The van der Waals surface area contributed by atoms with E-state index >= 15 is 0 Å². The average Bonchev–Trinajstić information content (AvgIpc) is 3.15. The molecule has 0 saturated carbocycles. The molecule has 0 fully saturated rings. The van der Waals surface area contributed by atoms with Gasteiger partial charge in [-0.1, -0.05) is 96.8 Å². The van der Waals surface area contributed by atoms with Crippen molar-refractivity contribution in [2.75, 3.05) is 132 Å². The van der Waals surface area contributed by atoms with Gasteiger partial charge >= 0.3 is 5.97 Å². The zero-order chi connectivity index (χ0) is 38.4. The summed E-state index contributed by atoms with van der Waals surface area (Å²) in [7, 11) is 0. The second kappa shape index (κ2) is 47.2. The van der Waals surface area contributed by atoms with E-state index in [0.29, 0.717) is 139 Å². The van der Waals surface area contributed by atoms with Gasteiger partial charge in [0.15, 0.2) is 0 Å². The van der Waals surface area contributed by atoms with E-state index in [4.69, 9.17) is 52.1 Å². The molecule has 0 radical (unpaired) electrons. The molecule has 12 nitrogen and oxygen atoms in total. The highest BCUT2D eigenvalue weighted by molar-refractivity contribution is 5.69. The van der Waals surface area contributed by atoms with Gasteiger partial charge in [-0.2, -0.15) is 0 Å². The standard InChI is InChI=1S/C41H82O12/c1-4-5-6-7-8-9-10-11-12-13-14-15-16-17-18-19-41(42)53-39-37-51-35-33-49-31-29-47-27-25-45-23-21-43-20-22-44-24-26-46-28-30-48-32-34-50-36-38-52-40(2)3/h40H,4-39H2,1-3H3. The van der Waals surface area contributed by atoms with Crippen LogP contribution in [0, 0.1) is 0 Å². The Kier molecular flexibility index (Phi) is 46.4. The number of unbranched alkanes of at least 4 members (excludes halogenated alkanes) is 14. The molecular weight excluding hydrogens is 684 g/mol. The van der Waals surface area contributed by atoms with E-state index in [9.17, 15) is 4.79 Å². The second-order valence-corrected chi connectivity index (χ2v) is 13.4. The molecule has 12 heteroatoms. The Morgan fingerprint density at radius 3 is 0.868 bits per heavy atom. The van der Waals surface area contributed by atoms with Gasteiger partial charge in [-0.25, -0.2) is 0 Å². The van der Waals surface area contributed by atoms with Crippen molar-refractivity contribution in [1.82, 2.24) is 0 Å². The van der Waals surface area contributed by atoms with Crippen LogP contribution < -0.4 is 0 Å². The van der Waals surface area contributed by atoms with Crippen LogP contribution in [0.3, 0.4) is 0 Å². The van der Waals surface area contributed by atoms with Crippen LogP contribution in [0.15, 0.2) is 0 Å². The van der Waals surface area contributed by atoms with Gasteiger partial charge in [-0.15, -0.1) is 0 Å². The van der Waals surface area contributed by atoms with Crippen molar-refractivity contribution in [3.8, 4) is 0 Å². The third kappa shape index (κ3) is 49.1. The molecule has 0 bridgehead atoms. The molecule has 0 N–H and O–H groups in total. The maximum Gasteiger partial charge on any atom is 0.305 e. The number of rotatable bonds is 47. The lowest BCUT2D eigenvalue weighted by molar-refractivity contribution is -0.145. The maximum atomic E-state index is 11.9. The molecule has 0 aromatic heterocycles. The van der Waals surface area contributed by atoms with Crippen LogP contribution in [-0.4, -0.2) is 144 Å². The molecule has 0 heterocycles. The fraction of sp³-hybridized carbons (Fsp3) is 0.976. The van der Waals surface area contributed by atoms with Crippen molar-refractivity contribution in [3.05, 3.63) is 0 Å². The van der Waals surface area contributed by atoms with Crippen molar-refractivity contribution in [3.63, 3.8) is 0 Å². The first-order chi connectivity index (χ1) is 26.2. The van der Waals surface area contributed by atoms with Gasteiger partial charge in [0.25, 0.3) is 0 Å². The molecule has 0 saturated heterocycles. The number of carbonyl (C=O) groups excluding carboxylic acids is 1. The number of esters is 1. The second-order valence-electron chi connectivity index (χ2n) is 13.4. The summed E-state index contributed by atoms with van der Waals surface area (Å²) in [6.07, 6.45) is 20.5. The summed E-state index contributed by atoms with van der Waals surface area (Å²) in [6, 6.07) is 0. The van der Waals surface area contributed by atoms with Crippen molar-refractivity contribution < 1.29 is 56.9 Å². The fourth-order valence-electron chi connectivity index (χ4n) is 5.13. The quantitative estimate of drug-likeness (QED) is 0.0455. The Labute approximate surface area is 324 Å². The first-order valence-electron chi connectivity index (χ1n) is 21.1. The third-order valence-electron chi connectivity index (χ3n) is 8.13. The first kappa shape index (κ1) is 52.1. The Hall–Kier alpha value is -0.930. The van der Waals surface area contributed by atoms with Crippen molar-refractivity contribution >= 4 is 5.97 Å². The summed E-state index contributed by atoms with van der Waals surface area (Å²) >= 11 is 0. The smallest absolute Gasteiger partial charge is 0.305 e. The van der Waals surface area contributed by atoms with E-state index in [1.165, 1.54) is 83.5 Å². The zero-order valence-electron chi connectivity index (χ0n) is 34.4. The molecule has 53 heavy (non-hydrogen) atoms. The first-order valence-corrected chi connectivity index (χ1v) is 21.1. The fourth-order valence-corrected chi connectivity index (χ4v) is 5.13. The Bertz CT molecular complexity index is 685. The minimum atomic E-state index is -0.129. The number of hydrogen-bond donors (Lipinski definition) is 0. The highest BCUT2D eigenvalue weighted by atomic mass is 16.6. The maximum absolute atomic E-state index is 11.9. The van der Waals surface area contributed by atoms with E-state index in [1.807, 2.05) is 13.8 Å². The normalized spacial score (nSPS) is 11.6. The average molecular weight is 767 g/mol. The largest absolute Gasteiger partial charge is 0.463 e. The van der Waals surface area contributed by atoms with Crippen molar-refractivity contribution in [1.29, 1.82) is 0 Å². The molecule has 0 aliphatic heterocycles. The molecule has 0 unspecified atom stereocenters. The van der Waals surface area contributed by atoms with Gasteiger partial charge in [-0.05, 0) is 20.3 Å². The minimum Gasteiger partial charge on any atom is -0.463 e. The summed E-state index contributed by atoms with van der Waals surface area (Å²) in [5.41, 5.74) is 0. The topological polar surface area (TPSA) is 119 Å². The Balaban J connectivity index is 3.13. The van der Waals surface area contributed by atoms with Gasteiger partial charge in [0.05, 0.1) is 132 Å². The Morgan fingerprint density at radius 2 is 0.585 bits per heavy atom. The predicted molar refractivity (Wildman–Crippen MR) is 209 cm³/mol. The molecule has 0 aliphatic carbocycles. The van der Waals surface area contributed by atoms with Crippen molar-refractivity contribution in [2.24, 2.45) is 0 Å². The van der Waals surface area contributed by atoms with Gasteiger partial charge in [0, 0.05) is 6.42 Å². The zero-order valence-corrected chi connectivity index (χ0v) is 34.4. The third-order valence-corrected chi connectivity index (χ3v) is 8.13. The highest BCUT2D eigenvalue weighted by Gasteiger charge is 2.03. The van der Waals surface area contributed by atoms with Crippen LogP contribution in [0.5, 0.6) is 0 Å². The molecule has 0 spiro atoms. The van der Waals surface area contributed by atoms with Crippen LogP contribution >= 0.6 is 0 Å². The number of ether oxygens (including phenoxy) is 11. The summed E-state index contributed by atoms with van der Waals surface area (Å²) in [5.74, 6) is -0.129. The molecular formula is C41H82O12. The number of hydrogen-bond acceptors (Lipinski definition) is 12. The van der Waals surface area contributed by atoms with Gasteiger partial charge in [0.2, 0.25) is 0 Å². The van der Waals surface area contributed by atoms with Gasteiger partial charge in [-0.3, -0.25) is 4.79 Å². The lowest BCUT2D eigenvalue weighted by atomic mass is 10.0. The lowest BCUT2D eigenvalue weighted by Gasteiger charge is -2.09. The summed E-state index contributed by atoms with van der Waals surface area (Å²) in [5, 5.41) is 0. The molecule has 0 aromatic carbocycles. The molecule has 318 valence electrons. The van der Waals surface area contributed by atoms with Crippen LogP contribution in [0.2, 0.25) is 0 Å². The van der Waals surface area contributed by atoms with Crippen LogP contribution in [0.25, 0.3) is 0 Å². The van der Waals surface area contributed by atoms with E-state index in [2.05, 4.69) is 6.92 Å². The van der Waals surface area contributed by atoms with E-state index in [1.54, 1.807) is 0 Å². The van der Waals surface area contributed by atoms with E-state index in [-0.39, 0.29) is 12.1 Å². The van der Waals surface area contributed by atoms with E-state index in [0.717, 1.165) is 12.8 Å². The van der Waals surface area contributed by atoms with E-state index < -0.39 is 0 Å². The van der Waals surface area contributed by atoms with Crippen LogP contribution in [0.4, 0.5) is 0 Å². The lowest BCUT2D eigenvalue weighted by Crippen LogP contribution is -2.15. The SMILES string of the molecule is CCCCCCCCCCCCCCCCCC(=O)OCCOCCOCCOCCOCCOCCOCCOCCOCCOCCOC(C)C. The molecule has 0 amide bonds. The Morgan fingerprint density at radius 1 is 0.340 bits per heavy atom. The number of carbonyl (C=O) groups is 1. The highest BCUT2D eigenvalue weighted by Crippen LogP contribution is 2.14. The predicted octanol–water partition coefficient (Wildman–Crippen LogP) is 7.37. The summed E-state index contributed by atoms with van der Waals surface area (Å²) < 4.78 is 60.0. The molecule has 0 rings (SSSR count). The van der Waals surface area contributed by atoms with Crippen LogP contribution in [-0.2, 0) is 56.9 Å². The van der Waals surface area contributed by atoms with Crippen LogP contribution in [0.1, 0.15) is 124 Å². The monoisotopic (exact) mass is 767 g/mol. The minimum absolute atomic E-state index is 0.129. The molecule has 0 atom stereocenters. The molecule has 0 aromatic rings. The summed E-state index contributed by atoms with van der Waals surface area (Å²) in [4.78, 5) is 11.9. The van der Waals surface area contributed by atoms with Gasteiger partial charge < -0.3 is 52.1 Å². The van der Waals surface area contributed by atoms with Crippen molar-refractivity contribution in [2.45, 2.75) is 130 Å². The summed E-state index contributed by atoms with van der Waals surface area (Å²) in [6.45, 7) is 16.3. The van der Waals surface area contributed by atoms with Gasteiger partial charge in [0.1, 0.15) is 6.61 Å².